The van der Waals surface area contributed by atoms with E-state index in [2.05, 4.69) is 17.0 Å². The van der Waals surface area contributed by atoms with Gasteiger partial charge in [0.05, 0.1) is 0 Å². The molecule has 0 aliphatic rings. The molecule has 0 fully saturated rings. The van der Waals surface area contributed by atoms with Crippen LogP contribution in [0.1, 0.15) is 0 Å². The Kier molecular flexibility index (Phi) is 3.16. The van der Waals surface area contributed by atoms with Gasteiger partial charge in [0, 0.05) is 30.4 Å². The molecule has 2 heteroatoms. The summed E-state index contributed by atoms with van der Waals surface area (Å²) in [4.78, 5) is 2.08. The van der Waals surface area contributed by atoms with Crippen LogP contribution in [-0.2, 0) is 0 Å². The number of anilines is 1. The Labute approximate surface area is 101 Å². The van der Waals surface area contributed by atoms with Crippen LogP contribution in [0, 0.1) is 6.07 Å². The predicted octanol–water partition coefficient (Wildman–Crippen LogP) is 3.87. The van der Waals surface area contributed by atoms with Crippen molar-refractivity contribution in [2.75, 3.05) is 19.0 Å². The molecule has 0 aliphatic heterocycles. The molecule has 0 saturated carbocycles. The van der Waals surface area contributed by atoms with Crippen LogP contribution in [0.3, 0.4) is 0 Å². The maximum Gasteiger partial charge on any atom is 0.0447 e. The highest BCUT2D eigenvalue weighted by atomic mass is 35.5. The summed E-state index contributed by atoms with van der Waals surface area (Å²) in [7, 11) is 4.05. The Balaban J connectivity index is 2.55. The van der Waals surface area contributed by atoms with E-state index in [4.69, 9.17) is 11.6 Å². The predicted molar refractivity (Wildman–Crippen MR) is 70.1 cm³/mol. The highest BCUT2D eigenvalue weighted by Gasteiger charge is 2.06. The van der Waals surface area contributed by atoms with Crippen LogP contribution in [0.4, 0.5) is 5.69 Å². The number of rotatable bonds is 2. The third kappa shape index (κ3) is 2.20. The Morgan fingerprint density at radius 2 is 1.94 bits per heavy atom. The summed E-state index contributed by atoms with van der Waals surface area (Å²) in [5, 5.41) is 0.749. The Morgan fingerprint density at radius 1 is 1.12 bits per heavy atom. The van der Waals surface area contributed by atoms with Crippen molar-refractivity contribution in [3.63, 3.8) is 0 Å². The van der Waals surface area contributed by atoms with Gasteiger partial charge in [-0.2, -0.15) is 0 Å². The van der Waals surface area contributed by atoms with Crippen LogP contribution in [0.15, 0.2) is 42.5 Å². The zero-order valence-electron chi connectivity index (χ0n) is 9.37. The smallest absolute Gasteiger partial charge is 0.0447 e. The van der Waals surface area contributed by atoms with E-state index in [0.29, 0.717) is 0 Å². The summed E-state index contributed by atoms with van der Waals surface area (Å²) < 4.78 is 0. The first kappa shape index (κ1) is 11.0. The van der Waals surface area contributed by atoms with Gasteiger partial charge in [0.25, 0.3) is 0 Å². The zero-order chi connectivity index (χ0) is 11.5. The van der Waals surface area contributed by atoms with Crippen molar-refractivity contribution in [2.45, 2.75) is 0 Å². The van der Waals surface area contributed by atoms with Crippen molar-refractivity contribution in [1.29, 1.82) is 0 Å². The number of nitrogens with zero attached hydrogens (tertiary/aromatic N) is 1. The molecular formula is C14H13ClN. The quantitative estimate of drug-likeness (QED) is 0.757. The fourth-order valence-electron chi connectivity index (χ4n) is 1.68. The van der Waals surface area contributed by atoms with Crippen LogP contribution in [0.25, 0.3) is 11.1 Å². The van der Waals surface area contributed by atoms with Gasteiger partial charge in [-0.1, -0.05) is 35.9 Å². The van der Waals surface area contributed by atoms with Crippen molar-refractivity contribution < 1.29 is 0 Å². The molecule has 0 atom stereocenters. The lowest BCUT2D eigenvalue weighted by atomic mass is 10.0. The second-order valence-electron chi connectivity index (χ2n) is 3.84. The van der Waals surface area contributed by atoms with E-state index in [1.807, 2.05) is 50.5 Å². The molecule has 2 rings (SSSR count). The average Bonchev–Trinajstić information content (AvgIpc) is 2.29. The van der Waals surface area contributed by atoms with E-state index >= 15 is 0 Å². The second kappa shape index (κ2) is 4.58. The molecule has 0 unspecified atom stereocenters. The van der Waals surface area contributed by atoms with E-state index in [0.717, 1.165) is 21.8 Å². The number of hydrogen-bond donors (Lipinski definition) is 0. The first-order chi connectivity index (χ1) is 7.68. The van der Waals surface area contributed by atoms with Gasteiger partial charge in [0.15, 0.2) is 0 Å². The topological polar surface area (TPSA) is 3.24 Å². The van der Waals surface area contributed by atoms with Gasteiger partial charge in [0.2, 0.25) is 0 Å². The molecule has 16 heavy (non-hydrogen) atoms. The molecule has 0 N–H and O–H groups in total. The molecule has 0 saturated heterocycles. The molecule has 0 spiro atoms. The SMILES string of the molecule is CN(C)c1ccc[c]c1-c1cccc(Cl)c1. The van der Waals surface area contributed by atoms with E-state index < -0.39 is 0 Å². The number of halogens is 1. The zero-order valence-corrected chi connectivity index (χ0v) is 10.1. The molecule has 81 valence electrons. The summed E-state index contributed by atoms with van der Waals surface area (Å²) in [6.07, 6.45) is 0. The maximum atomic E-state index is 6.00. The Hall–Kier alpha value is -1.47. The minimum Gasteiger partial charge on any atom is -0.377 e. The van der Waals surface area contributed by atoms with Crippen LogP contribution >= 0.6 is 11.6 Å². The molecule has 0 amide bonds. The van der Waals surface area contributed by atoms with Crippen molar-refractivity contribution >= 4 is 17.3 Å². The minimum absolute atomic E-state index is 0.749. The molecule has 2 aromatic carbocycles. The maximum absolute atomic E-state index is 6.00. The largest absolute Gasteiger partial charge is 0.377 e. The molecule has 0 heterocycles. The van der Waals surface area contributed by atoms with Gasteiger partial charge in [-0.15, -0.1) is 0 Å². The minimum atomic E-state index is 0.749. The third-order valence-corrected chi connectivity index (χ3v) is 2.66. The normalized spacial score (nSPS) is 10.2. The summed E-state index contributed by atoms with van der Waals surface area (Å²) >= 11 is 6.00. The summed E-state index contributed by atoms with van der Waals surface area (Å²) in [5.74, 6) is 0. The molecule has 1 nitrogen and oxygen atoms in total. The fraction of sp³-hybridized carbons (Fsp3) is 0.143. The summed E-state index contributed by atoms with van der Waals surface area (Å²) in [6, 6.07) is 17.1. The van der Waals surface area contributed by atoms with E-state index in [1.54, 1.807) is 0 Å². The van der Waals surface area contributed by atoms with Gasteiger partial charge in [-0.3, -0.25) is 0 Å². The molecule has 0 bridgehead atoms. The molecule has 2 aromatic rings. The van der Waals surface area contributed by atoms with Gasteiger partial charge in [-0.05, 0) is 29.8 Å². The van der Waals surface area contributed by atoms with Gasteiger partial charge in [0.1, 0.15) is 0 Å². The van der Waals surface area contributed by atoms with Gasteiger partial charge < -0.3 is 4.90 Å². The fourth-order valence-corrected chi connectivity index (χ4v) is 1.87. The van der Waals surface area contributed by atoms with Crippen molar-refractivity contribution in [3.05, 3.63) is 53.6 Å². The highest BCUT2D eigenvalue weighted by molar-refractivity contribution is 6.30. The van der Waals surface area contributed by atoms with E-state index in [1.165, 1.54) is 0 Å². The lowest BCUT2D eigenvalue weighted by Crippen LogP contribution is -2.09. The number of hydrogen-bond acceptors (Lipinski definition) is 1. The van der Waals surface area contributed by atoms with Gasteiger partial charge >= 0.3 is 0 Å². The summed E-state index contributed by atoms with van der Waals surface area (Å²) in [6.45, 7) is 0. The monoisotopic (exact) mass is 230 g/mol. The molecule has 0 aromatic heterocycles. The van der Waals surface area contributed by atoms with Crippen LogP contribution < -0.4 is 4.90 Å². The lowest BCUT2D eigenvalue weighted by molar-refractivity contribution is 1.13. The first-order valence-corrected chi connectivity index (χ1v) is 5.50. The number of benzene rings is 2. The highest BCUT2D eigenvalue weighted by Crippen LogP contribution is 2.30. The molecule has 1 radical (unpaired) electrons. The van der Waals surface area contributed by atoms with Crippen LogP contribution in [-0.4, -0.2) is 14.1 Å². The van der Waals surface area contributed by atoms with Gasteiger partial charge in [-0.25, -0.2) is 0 Å². The van der Waals surface area contributed by atoms with Crippen molar-refractivity contribution in [2.24, 2.45) is 0 Å². The van der Waals surface area contributed by atoms with E-state index in [-0.39, 0.29) is 0 Å². The third-order valence-electron chi connectivity index (χ3n) is 2.43. The van der Waals surface area contributed by atoms with Crippen LogP contribution in [0.5, 0.6) is 0 Å². The average molecular weight is 231 g/mol. The standard InChI is InChI=1S/C14H13ClN/c1-16(2)14-9-4-3-8-13(14)11-6-5-7-12(15)10-11/h3-7,9-10H,1-2H3. The van der Waals surface area contributed by atoms with Crippen LogP contribution in [0.2, 0.25) is 5.02 Å². The second-order valence-corrected chi connectivity index (χ2v) is 4.27. The molecular weight excluding hydrogens is 218 g/mol. The van der Waals surface area contributed by atoms with Crippen molar-refractivity contribution in [3.8, 4) is 11.1 Å². The Morgan fingerprint density at radius 3 is 2.62 bits per heavy atom. The first-order valence-electron chi connectivity index (χ1n) is 5.12. The molecule has 0 aliphatic carbocycles. The lowest BCUT2D eigenvalue weighted by Gasteiger charge is -2.17. The van der Waals surface area contributed by atoms with Crippen molar-refractivity contribution in [1.82, 2.24) is 0 Å². The summed E-state index contributed by atoms with van der Waals surface area (Å²) in [5.41, 5.74) is 3.32. The van der Waals surface area contributed by atoms with E-state index in [9.17, 15) is 0 Å². The Bertz CT molecular complexity index is 492.